The minimum Gasteiger partial charge on any atom is -0.494 e. The van der Waals surface area contributed by atoms with Gasteiger partial charge in [-0.25, -0.2) is 0 Å². The highest BCUT2D eigenvalue weighted by Crippen LogP contribution is 2.29. The zero-order valence-corrected chi connectivity index (χ0v) is 15.0. The molecule has 0 aromatic heterocycles. The third-order valence-electron chi connectivity index (χ3n) is 3.62. The summed E-state index contributed by atoms with van der Waals surface area (Å²) >= 11 is 12.2. The molecule has 124 valence electrons. The normalized spacial score (nSPS) is 10.6. The van der Waals surface area contributed by atoms with Crippen LogP contribution in [0.1, 0.15) is 38.2 Å². The molecule has 2 aromatic rings. The number of anilines is 1. The fraction of sp³-hybridized carbons (Fsp3) is 0.368. The van der Waals surface area contributed by atoms with Crippen LogP contribution < -0.4 is 10.1 Å². The first-order valence-corrected chi connectivity index (χ1v) is 8.86. The molecular formula is C19H23Cl2NO. The van der Waals surface area contributed by atoms with Crippen LogP contribution in [-0.4, -0.2) is 6.61 Å². The van der Waals surface area contributed by atoms with Crippen LogP contribution in [0.25, 0.3) is 0 Å². The molecule has 0 fully saturated rings. The Morgan fingerprint density at radius 1 is 0.957 bits per heavy atom. The van der Waals surface area contributed by atoms with Crippen LogP contribution in [0, 0.1) is 0 Å². The van der Waals surface area contributed by atoms with Gasteiger partial charge in [0.1, 0.15) is 5.75 Å². The lowest BCUT2D eigenvalue weighted by atomic mass is 10.2. The fourth-order valence-electron chi connectivity index (χ4n) is 2.26. The third kappa shape index (κ3) is 5.96. The molecule has 0 saturated heterocycles. The summed E-state index contributed by atoms with van der Waals surface area (Å²) in [4.78, 5) is 0. The van der Waals surface area contributed by atoms with Crippen LogP contribution in [0.5, 0.6) is 5.75 Å². The first-order chi connectivity index (χ1) is 11.2. The SMILES string of the molecule is CCCCCCOc1ccc(CNc2cccc(Cl)c2Cl)cc1. The van der Waals surface area contributed by atoms with Gasteiger partial charge in [0.2, 0.25) is 0 Å². The lowest BCUT2D eigenvalue weighted by Crippen LogP contribution is -2.01. The highest BCUT2D eigenvalue weighted by molar-refractivity contribution is 6.43. The van der Waals surface area contributed by atoms with E-state index in [0.29, 0.717) is 16.6 Å². The third-order valence-corrected chi connectivity index (χ3v) is 4.44. The number of benzene rings is 2. The van der Waals surface area contributed by atoms with Crippen molar-refractivity contribution in [3.63, 3.8) is 0 Å². The Kier molecular flexibility index (Phi) is 7.57. The van der Waals surface area contributed by atoms with Crippen molar-refractivity contribution in [1.82, 2.24) is 0 Å². The molecular weight excluding hydrogens is 329 g/mol. The van der Waals surface area contributed by atoms with Crippen LogP contribution in [0.2, 0.25) is 10.0 Å². The van der Waals surface area contributed by atoms with Gasteiger partial charge in [0.25, 0.3) is 0 Å². The molecule has 0 aliphatic carbocycles. The maximum atomic E-state index is 6.16. The summed E-state index contributed by atoms with van der Waals surface area (Å²) in [5.74, 6) is 0.922. The van der Waals surface area contributed by atoms with E-state index in [0.717, 1.165) is 24.5 Å². The summed E-state index contributed by atoms with van der Waals surface area (Å²) in [7, 11) is 0. The standard InChI is InChI=1S/C19H23Cl2NO/c1-2-3-4-5-13-23-16-11-9-15(10-12-16)14-22-18-8-6-7-17(20)19(18)21/h6-12,22H,2-5,13-14H2,1H3. The maximum absolute atomic E-state index is 6.16. The van der Waals surface area contributed by atoms with E-state index in [2.05, 4.69) is 24.4 Å². The van der Waals surface area contributed by atoms with Crippen molar-refractivity contribution in [3.8, 4) is 5.75 Å². The predicted octanol–water partition coefficient (Wildman–Crippen LogP) is 6.56. The largest absolute Gasteiger partial charge is 0.494 e. The first-order valence-electron chi connectivity index (χ1n) is 8.10. The molecule has 4 heteroatoms. The summed E-state index contributed by atoms with van der Waals surface area (Å²) in [6, 6.07) is 13.7. The number of halogens is 2. The van der Waals surface area contributed by atoms with Gasteiger partial charge in [-0.2, -0.15) is 0 Å². The van der Waals surface area contributed by atoms with E-state index in [9.17, 15) is 0 Å². The molecule has 0 amide bonds. The van der Waals surface area contributed by atoms with E-state index >= 15 is 0 Å². The summed E-state index contributed by atoms with van der Waals surface area (Å²) in [6.07, 6.45) is 4.88. The van der Waals surface area contributed by atoms with Crippen LogP contribution >= 0.6 is 23.2 Å². The molecule has 23 heavy (non-hydrogen) atoms. The van der Waals surface area contributed by atoms with E-state index < -0.39 is 0 Å². The van der Waals surface area contributed by atoms with E-state index in [1.807, 2.05) is 24.3 Å². The van der Waals surface area contributed by atoms with E-state index in [-0.39, 0.29) is 0 Å². The second kappa shape index (κ2) is 9.69. The highest BCUT2D eigenvalue weighted by atomic mass is 35.5. The summed E-state index contributed by atoms with van der Waals surface area (Å²) in [5, 5.41) is 4.41. The Labute approximate surface area is 148 Å². The quantitative estimate of drug-likeness (QED) is 0.516. The van der Waals surface area contributed by atoms with Gasteiger partial charge in [-0.1, -0.05) is 67.6 Å². The van der Waals surface area contributed by atoms with Crippen LogP contribution in [0.3, 0.4) is 0 Å². The molecule has 1 N–H and O–H groups in total. The smallest absolute Gasteiger partial charge is 0.119 e. The van der Waals surface area contributed by atoms with E-state index in [4.69, 9.17) is 27.9 Å². The molecule has 2 aromatic carbocycles. The average Bonchev–Trinajstić information content (AvgIpc) is 2.57. The minimum atomic E-state index is 0.557. The second-order valence-electron chi connectivity index (χ2n) is 5.51. The van der Waals surface area contributed by atoms with E-state index in [1.54, 1.807) is 6.07 Å². The van der Waals surface area contributed by atoms with Crippen molar-refractivity contribution in [3.05, 3.63) is 58.1 Å². The van der Waals surface area contributed by atoms with Gasteiger partial charge in [-0.05, 0) is 36.2 Å². The van der Waals surface area contributed by atoms with Gasteiger partial charge >= 0.3 is 0 Å². The Balaban J connectivity index is 1.79. The first kappa shape index (κ1) is 18.0. The molecule has 0 radical (unpaired) electrons. The van der Waals surface area contributed by atoms with Crippen molar-refractivity contribution in [2.45, 2.75) is 39.2 Å². The Bertz CT molecular complexity index is 599. The van der Waals surface area contributed by atoms with Crippen molar-refractivity contribution >= 4 is 28.9 Å². The lowest BCUT2D eigenvalue weighted by Gasteiger charge is -2.10. The molecule has 0 bridgehead atoms. The lowest BCUT2D eigenvalue weighted by molar-refractivity contribution is 0.305. The molecule has 0 unspecified atom stereocenters. The summed E-state index contributed by atoms with van der Waals surface area (Å²) < 4.78 is 5.75. The highest BCUT2D eigenvalue weighted by Gasteiger charge is 2.04. The topological polar surface area (TPSA) is 21.3 Å². The number of hydrogen-bond acceptors (Lipinski definition) is 2. The van der Waals surface area contributed by atoms with Gasteiger partial charge < -0.3 is 10.1 Å². The molecule has 0 saturated carbocycles. The van der Waals surface area contributed by atoms with Crippen LogP contribution in [0.4, 0.5) is 5.69 Å². The van der Waals surface area contributed by atoms with Crippen LogP contribution in [-0.2, 0) is 6.54 Å². The van der Waals surface area contributed by atoms with E-state index in [1.165, 1.54) is 24.8 Å². The monoisotopic (exact) mass is 351 g/mol. The van der Waals surface area contributed by atoms with Crippen molar-refractivity contribution < 1.29 is 4.74 Å². The number of ether oxygens (including phenoxy) is 1. The second-order valence-corrected chi connectivity index (χ2v) is 6.29. The maximum Gasteiger partial charge on any atom is 0.119 e. The zero-order valence-electron chi connectivity index (χ0n) is 13.4. The molecule has 0 atom stereocenters. The van der Waals surface area contributed by atoms with Crippen molar-refractivity contribution in [2.75, 3.05) is 11.9 Å². The molecule has 0 aliphatic heterocycles. The fourth-order valence-corrected chi connectivity index (χ4v) is 2.63. The molecule has 2 rings (SSSR count). The molecule has 0 heterocycles. The van der Waals surface area contributed by atoms with Gasteiger partial charge in [0.05, 0.1) is 22.3 Å². The molecule has 2 nitrogen and oxygen atoms in total. The molecule has 0 spiro atoms. The summed E-state index contributed by atoms with van der Waals surface area (Å²) in [5.41, 5.74) is 2.01. The molecule has 0 aliphatic rings. The van der Waals surface area contributed by atoms with Gasteiger partial charge in [-0.15, -0.1) is 0 Å². The number of rotatable bonds is 9. The predicted molar refractivity (Wildman–Crippen MR) is 99.9 cm³/mol. The van der Waals surface area contributed by atoms with Gasteiger partial charge in [0, 0.05) is 6.54 Å². The van der Waals surface area contributed by atoms with Gasteiger partial charge in [-0.3, -0.25) is 0 Å². The van der Waals surface area contributed by atoms with Crippen LogP contribution in [0.15, 0.2) is 42.5 Å². The average molecular weight is 352 g/mol. The number of unbranched alkanes of at least 4 members (excludes halogenated alkanes) is 3. The Morgan fingerprint density at radius 2 is 1.74 bits per heavy atom. The Hall–Kier alpha value is -1.38. The summed E-state index contributed by atoms with van der Waals surface area (Å²) in [6.45, 7) is 3.69. The number of nitrogens with one attached hydrogen (secondary N) is 1. The Morgan fingerprint density at radius 3 is 2.48 bits per heavy atom. The zero-order chi connectivity index (χ0) is 16.5. The van der Waals surface area contributed by atoms with Crippen molar-refractivity contribution in [2.24, 2.45) is 0 Å². The minimum absolute atomic E-state index is 0.557. The van der Waals surface area contributed by atoms with Crippen molar-refractivity contribution in [1.29, 1.82) is 0 Å². The number of hydrogen-bond donors (Lipinski definition) is 1. The van der Waals surface area contributed by atoms with Gasteiger partial charge in [0.15, 0.2) is 0 Å².